The van der Waals surface area contributed by atoms with Crippen LogP contribution < -0.4 is 20.7 Å². The van der Waals surface area contributed by atoms with E-state index in [1.807, 2.05) is 18.2 Å². The third-order valence-electron chi connectivity index (χ3n) is 6.15. The lowest BCUT2D eigenvalue weighted by molar-refractivity contribution is 0.0317. The third kappa shape index (κ3) is 4.70. The molecule has 3 heterocycles. The topological polar surface area (TPSA) is 115 Å². The van der Waals surface area contributed by atoms with Gasteiger partial charge in [0.25, 0.3) is 5.91 Å². The summed E-state index contributed by atoms with van der Waals surface area (Å²) in [5, 5.41) is 13.8. The van der Waals surface area contributed by atoms with Crippen LogP contribution in [0.25, 0.3) is 5.65 Å². The minimum Gasteiger partial charge on any atom is -0.473 e. The number of ether oxygens (including phenoxy) is 2. The highest BCUT2D eigenvalue weighted by molar-refractivity contribution is 6.00. The van der Waals surface area contributed by atoms with Crippen LogP contribution in [0.15, 0.2) is 30.6 Å². The summed E-state index contributed by atoms with van der Waals surface area (Å²) in [6.45, 7) is 0. The van der Waals surface area contributed by atoms with Crippen LogP contribution in [0.4, 0.5) is 17.3 Å². The maximum Gasteiger partial charge on any atom is 0.256 e. The van der Waals surface area contributed by atoms with E-state index >= 15 is 0 Å². The van der Waals surface area contributed by atoms with Gasteiger partial charge in [-0.1, -0.05) is 0 Å². The maximum atomic E-state index is 12.7. The fraction of sp³-hybridized carbons (Fsp3) is 0.478. The molecular weight excluding hydrogens is 422 g/mol. The van der Waals surface area contributed by atoms with E-state index in [9.17, 15) is 4.79 Å². The van der Waals surface area contributed by atoms with Crippen molar-refractivity contribution in [2.24, 2.45) is 0 Å². The van der Waals surface area contributed by atoms with E-state index in [4.69, 9.17) is 9.47 Å². The van der Waals surface area contributed by atoms with Gasteiger partial charge in [0.1, 0.15) is 29.0 Å². The number of nitrogens with zero attached hydrogens (tertiary/aromatic N) is 4. The Morgan fingerprint density at radius 1 is 1.15 bits per heavy atom. The van der Waals surface area contributed by atoms with E-state index in [1.54, 1.807) is 31.1 Å². The number of carbonyl (C=O) groups excluding carboxylic acids is 1. The quantitative estimate of drug-likeness (QED) is 0.479. The van der Waals surface area contributed by atoms with E-state index in [1.165, 1.54) is 0 Å². The maximum absolute atomic E-state index is 12.7. The van der Waals surface area contributed by atoms with Crippen LogP contribution in [0.3, 0.4) is 0 Å². The largest absolute Gasteiger partial charge is 0.473 e. The van der Waals surface area contributed by atoms with E-state index < -0.39 is 0 Å². The minimum atomic E-state index is -0.156. The van der Waals surface area contributed by atoms with E-state index in [2.05, 4.69) is 31.0 Å². The Kier molecular flexibility index (Phi) is 5.99. The van der Waals surface area contributed by atoms with Crippen LogP contribution in [0, 0.1) is 0 Å². The van der Waals surface area contributed by atoms with Crippen molar-refractivity contribution >= 4 is 28.9 Å². The average molecular weight is 452 g/mol. The Labute approximate surface area is 192 Å². The van der Waals surface area contributed by atoms with Crippen LogP contribution >= 0.6 is 0 Å². The minimum absolute atomic E-state index is 0.0997. The van der Waals surface area contributed by atoms with Gasteiger partial charge in [0.15, 0.2) is 5.65 Å². The van der Waals surface area contributed by atoms with Crippen molar-refractivity contribution in [1.29, 1.82) is 0 Å². The molecule has 2 aliphatic carbocycles. The van der Waals surface area contributed by atoms with Gasteiger partial charge < -0.3 is 25.4 Å². The van der Waals surface area contributed by atoms with Crippen molar-refractivity contribution in [3.63, 3.8) is 0 Å². The molecule has 0 unspecified atom stereocenters. The molecule has 5 rings (SSSR count). The molecule has 10 nitrogen and oxygen atoms in total. The molecule has 2 fully saturated rings. The van der Waals surface area contributed by atoms with Crippen molar-refractivity contribution in [3.8, 4) is 5.88 Å². The van der Waals surface area contributed by atoms with Gasteiger partial charge in [-0.15, -0.1) is 0 Å². The predicted molar refractivity (Wildman–Crippen MR) is 124 cm³/mol. The first-order chi connectivity index (χ1) is 16.1. The molecule has 2 saturated carbocycles. The molecule has 0 aliphatic heterocycles. The second-order valence-corrected chi connectivity index (χ2v) is 8.55. The molecule has 1 amide bonds. The average Bonchev–Trinajstić information content (AvgIpc) is 3.55. The van der Waals surface area contributed by atoms with E-state index in [0.717, 1.165) is 38.5 Å². The Bertz CT molecular complexity index is 1140. The lowest BCUT2D eigenvalue weighted by atomic mass is 9.95. The van der Waals surface area contributed by atoms with Crippen molar-refractivity contribution in [1.82, 2.24) is 24.9 Å². The van der Waals surface area contributed by atoms with Gasteiger partial charge in [0, 0.05) is 32.5 Å². The standard InChI is InChI=1S/C23H29N7O3/c1-24-20-12-19(29-21-17(13-26-30(20)21)22(31)27-14-5-6-14)28-18-4-3-11-25-23(18)33-16-9-7-15(32-2)8-10-16/h3-4,11-16,24H,5-10H2,1-2H3,(H,27,31)(H,28,29)/t15-,16-. The molecule has 0 radical (unpaired) electrons. The van der Waals surface area contributed by atoms with Crippen molar-refractivity contribution in [2.75, 3.05) is 24.8 Å². The van der Waals surface area contributed by atoms with Gasteiger partial charge in [-0.2, -0.15) is 9.61 Å². The molecule has 2 aliphatic rings. The highest BCUT2D eigenvalue weighted by atomic mass is 16.5. The molecule has 0 saturated heterocycles. The lowest BCUT2D eigenvalue weighted by Crippen LogP contribution is -2.28. The number of hydrogen-bond acceptors (Lipinski definition) is 8. The first-order valence-electron chi connectivity index (χ1n) is 11.4. The molecule has 174 valence electrons. The number of nitrogens with one attached hydrogen (secondary N) is 3. The molecular formula is C23H29N7O3. The van der Waals surface area contributed by atoms with Crippen LogP contribution in [-0.4, -0.2) is 57.9 Å². The van der Waals surface area contributed by atoms with Gasteiger partial charge in [-0.25, -0.2) is 9.97 Å². The molecule has 33 heavy (non-hydrogen) atoms. The summed E-state index contributed by atoms with van der Waals surface area (Å²) in [7, 11) is 3.57. The Hall–Kier alpha value is -3.40. The zero-order valence-electron chi connectivity index (χ0n) is 18.9. The first-order valence-corrected chi connectivity index (χ1v) is 11.4. The number of methoxy groups -OCH3 is 1. The second-order valence-electron chi connectivity index (χ2n) is 8.55. The van der Waals surface area contributed by atoms with Crippen LogP contribution in [-0.2, 0) is 4.74 Å². The molecule has 3 aromatic rings. The zero-order valence-corrected chi connectivity index (χ0v) is 18.9. The first kappa shape index (κ1) is 21.4. The highest BCUT2D eigenvalue weighted by Crippen LogP contribution is 2.31. The number of pyridine rings is 1. The van der Waals surface area contributed by atoms with Crippen molar-refractivity contribution < 1.29 is 14.3 Å². The van der Waals surface area contributed by atoms with E-state index in [0.29, 0.717) is 40.5 Å². The molecule has 3 aromatic heterocycles. The number of fused-ring (bicyclic) bond motifs is 1. The van der Waals surface area contributed by atoms with Crippen molar-refractivity contribution in [2.45, 2.75) is 56.8 Å². The van der Waals surface area contributed by atoms with Gasteiger partial charge in [-0.05, 0) is 50.7 Å². The smallest absolute Gasteiger partial charge is 0.256 e. The fourth-order valence-electron chi connectivity index (χ4n) is 4.12. The summed E-state index contributed by atoms with van der Waals surface area (Å²) in [5.41, 5.74) is 1.64. The molecule has 0 aromatic carbocycles. The Morgan fingerprint density at radius 2 is 1.94 bits per heavy atom. The van der Waals surface area contributed by atoms with Crippen LogP contribution in [0.1, 0.15) is 48.9 Å². The third-order valence-corrected chi connectivity index (χ3v) is 6.15. The summed E-state index contributed by atoms with van der Waals surface area (Å²) < 4.78 is 13.3. The summed E-state index contributed by atoms with van der Waals surface area (Å²) in [6, 6.07) is 5.85. The van der Waals surface area contributed by atoms with Gasteiger partial charge in [-0.3, -0.25) is 4.79 Å². The summed E-state index contributed by atoms with van der Waals surface area (Å²) in [6.07, 6.45) is 9.53. The fourth-order valence-corrected chi connectivity index (χ4v) is 4.12. The molecule has 0 atom stereocenters. The normalized spacial score (nSPS) is 20.4. The number of aromatic nitrogens is 4. The second kappa shape index (κ2) is 9.22. The summed E-state index contributed by atoms with van der Waals surface area (Å²) in [5.74, 6) is 1.65. The Balaban J connectivity index is 1.39. The van der Waals surface area contributed by atoms with Gasteiger partial charge >= 0.3 is 0 Å². The van der Waals surface area contributed by atoms with Crippen LogP contribution in [0.2, 0.25) is 0 Å². The predicted octanol–water partition coefficient (Wildman–Crippen LogP) is 3.14. The number of anilines is 3. The summed E-state index contributed by atoms with van der Waals surface area (Å²) in [4.78, 5) is 21.8. The van der Waals surface area contributed by atoms with Gasteiger partial charge in [0.05, 0.1) is 12.3 Å². The molecule has 0 spiro atoms. The number of rotatable bonds is 8. The number of carbonyl (C=O) groups is 1. The Morgan fingerprint density at radius 3 is 2.67 bits per heavy atom. The SMILES string of the molecule is CNc1cc(Nc2cccnc2O[C@H]2CC[C@H](OC)CC2)nc2c(C(=O)NC3CC3)cnn12. The van der Waals surface area contributed by atoms with Crippen molar-refractivity contribution in [3.05, 3.63) is 36.2 Å². The van der Waals surface area contributed by atoms with Crippen LogP contribution in [0.5, 0.6) is 5.88 Å². The number of hydrogen-bond donors (Lipinski definition) is 3. The van der Waals surface area contributed by atoms with E-state index in [-0.39, 0.29) is 18.1 Å². The molecule has 10 heteroatoms. The monoisotopic (exact) mass is 451 g/mol. The summed E-state index contributed by atoms with van der Waals surface area (Å²) >= 11 is 0. The molecule has 3 N–H and O–H groups in total. The molecule has 0 bridgehead atoms. The zero-order chi connectivity index (χ0) is 22.8. The van der Waals surface area contributed by atoms with Gasteiger partial charge in [0.2, 0.25) is 5.88 Å². The number of amides is 1. The highest BCUT2D eigenvalue weighted by Gasteiger charge is 2.26. The lowest BCUT2D eigenvalue weighted by Gasteiger charge is -2.28.